The van der Waals surface area contributed by atoms with Gasteiger partial charge in [0.2, 0.25) is 0 Å². The van der Waals surface area contributed by atoms with E-state index >= 15 is 0 Å². The zero-order chi connectivity index (χ0) is 14.5. The van der Waals surface area contributed by atoms with Crippen LogP contribution in [0.25, 0.3) is 0 Å². The van der Waals surface area contributed by atoms with Crippen molar-refractivity contribution >= 4 is 21.6 Å². The largest absolute Gasteiger partial charge is 0.376 e. The Kier molecular flexibility index (Phi) is 4.70. The van der Waals surface area contributed by atoms with Crippen molar-refractivity contribution in [3.8, 4) is 6.07 Å². The maximum absolute atomic E-state index is 12.9. The fraction of sp³-hybridized carbons (Fsp3) is 0.200. The summed E-state index contributed by atoms with van der Waals surface area (Å²) >= 11 is 3.39. The number of rotatable bonds is 4. The van der Waals surface area contributed by atoms with E-state index in [1.165, 1.54) is 12.3 Å². The molecule has 0 radical (unpaired) electrons. The summed E-state index contributed by atoms with van der Waals surface area (Å²) in [4.78, 5) is 4.09. The lowest BCUT2D eigenvalue weighted by Crippen LogP contribution is -2.12. The molecule has 3 nitrogen and oxygen atoms in total. The highest BCUT2D eigenvalue weighted by atomic mass is 79.9. The van der Waals surface area contributed by atoms with Gasteiger partial charge >= 0.3 is 0 Å². The van der Waals surface area contributed by atoms with Gasteiger partial charge in [-0.2, -0.15) is 5.26 Å². The van der Waals surface area contributed by atoms with Gasteiger partial charge in [0.25, 0.3) is 0 Å². The maximum Gasteiger partial charge on any atom is 0.141 e. The number of pyridine rings is 1. The summed E-state index contributed by atoms with van der Waals surface area (Å²) in [5, 5.41) is 12.4. The van der Waals surface area contributed by atoms with Crippen LogP contribution in [0.1, 0.15) is 30.6 Å². The van der Waals surface area contributed by atoms with Crippen LogP contribution in [0.5, 0.6) is 0 Å². The first kappa shape index (κ1) is 14.5. The molecular weight excluding hydrogens is 321 g/mol. The molecule has 1 heterocycles. The molecule has 2 aromatic rings. The lowest BCUT2D eigenvalue weighted by atomic mass is 10.1. The van der Waals surface area contributed by atoms with Gasteiger partial charge in [0.05, 0.1) is 29.2 Å². The van der Waals surface area contributed by atoms with Crippen molar-refractivity contribution in [3.05, 3.63) is 58.1 Å². The molecule has 0 aliphatic rings. The van der Waals surface area contributed by atoms with E-state index in [4.69, 9.17) is 5.26 Å². The molecule has 0 spiro atoms. The average Bonchev–Trinajstić information content (AvgIpc) is 2.46. The second-order valence-corrected chi connectivity index (χ2v) is 5.22. The lowest BCUT2D eigenvalue weighted by molar-refractivity contribution is 0.614. The van der Waals surface area contributed by atoms with E-state index in [-0.39, 0.29) is 11.9 Å². The number of hydrogen-bond acceptors (Lipinski definition) is 3. The highest BCUT2D eigenvalue weighted by Crippen LogP contribution is 2.26. The summed E-state index contributed by atoms with van der Waals surface area (Å²) in [6.07, 6.45) is 1.97. The van der Waals surface area contributed by atoms with Gasteiger partial charge in [0.15, 0.2) is 0 Å². The highest BCUT2D eigenvalue weighted by Gasteiger charge is 2.13. The Labute approximate surface area is 125 Å². The average molecular weight is 334 g/mol. The summed E-state index contributed by atoms with van der Waals surface area (Å²) in [5.74, 6) is -0.358. The Balaban J connectivity index is 2.29. The molecule has 1 unspecified atom stereocenters. The number of nitrogens with zero attached hydrogens (tertiary/aromatic N) is 2. The molecule has 1 N–H and O–H groups in total. The smallest absolute Gasteiger partial charge is 0.141 e. The molecule has 0 amide bonds. The van der Waals surface area contributed by atoms with Crippen LogP contribution in [0.2, 0.25) is 0 Å². The Morgan fingerprint density at radius 3 is 2.80 bits per heavy atom. The van der Waals surface area contributed by atoms with Crippen LogP contribution in [0, 0.1) is 17.1 Å². The van der Waals surface area contributed by atoms with Crippen LogP contribution < -0.4 is 5.32 Å². The molecule has 0 bridgehead atoms. The highest BCUT2D eigenvalue weighted by molar-refractivity contribution is 9.10. The van der Waals surface area contributed by atoms with E-state index in [2.05, 4.69) is 32.3 Å². The molecule has 2 rings (SSSR count). The SMILES string of the molecule is CCC(Nc1cc(Br)ccc1C#N)c1ccc(F)cn1. The molecule has 1 aromatic carbocycles. The van der Waals surface area contributed by atoms with Crippen LogP contribution in [-0.2, 0) is 0 Å². The third-order valence-electron chi connectivity index (χ3n) is 2.95. The summed E-state index contributed by atoms with van der Waals surface area (Å²) in [6.45, 7) is 2.01. The number of hydrogen-bond donors (Lipinski definition) is 1. The first-order valence-corrected chi connectivity index (χ1v) is 7.01. The molecule has 0 saturated carbocycles. The third kappa shape index (κ3) is 3.34. The van der Waals surface area contributed by atoms with Crippen molar-refractivity contribution in [2.75, 3.05) is 5.32 Å². The van der Waals surface area contributed by atoms with Crippen LogP contribution in [0.3, 0.4) is 0 Å². The third-order valence-corrected chi connectivity index (χ3v) is 3.44. The summed E-state index contributed by atoms with van der Waals surface area (Å²) in [6, 6.07) is 10.5. The van der Waals surface area contributed by atoms with E-state index in [0.29, 0.717) is 5.56 Å². The van der Waals surface area contributed by atoms with Gasteiger partial charge in [-0.05, 0) is 36.8 Å². The predicted molar refractivity (Wildman–Crippen MR) is 79.7 cm³/mol. The van der Waals surface area contributed by atoms with Gasteiger partial charge in [-0.15, -0.1) is 0 Å². The van der Waals surface area contributed by atoms with Gasteiger partial charge in [-0.3, -0.25) is 4.98 Å². The molecule has 102 valence electrons. The summed E-state index contributed by atoms with van der Waals surface area (Å²) < 4.78 is 13.8. The van der Waals surface area contributed by atoms with Gasteiger partial charge in [0.1, 0.15) is 11.9 Å². The minimum atomic E-state index is -0.358. The first-order valence-electron chi connectivity index (χ1n) is 6.21. The minimum Gasteiger partial charge on any atom is -0.376 e. The van der Waals surface area contributed by atoms with Crippen molar-refractivity contribution in [1.82, 2.24) is 4.98 Å². The van der Waals surface area contributed by atoms with Crippen LogP contribution >= 0.6 is 15.9 Å². The first-order chi connectivity index (χ1) is 9.63. The number of nitriles is 1. The number of aromatic nitrogens is 1. The van der Waals surface area contributed by atoms with Crippen LogP contribution in [-0.4, -0.2) is 4.98 Å². The van der Waals surface area contributed by atoms with Gasteiger partial charge in [-0.1, -0.05) is 22.9 Å². The van der Waals surface area contributed by atoms with Crippen LogP contribution in [0.15, 0.2) is 41.0 Å². The minimum absolute atomic E-state index is 0.0722. The quantitative estimate of drug-likeness (QED) is 0.900. The second-order valence-electron chi connectivity index (χ2n) is 4.31. The number of halogens is 2. The molecule has 0 fully saturated rings. The number of nitrogens with one attached hydrogen (secondary N) is 1. The zero-order valence-electron chi connectivity index (χ0n) is 10.9. The molecule has 20 heavy (non-hydrogen) atoms. The number of benzene rings is 1. The Hall–Kier alpha value is -1.93. The van der Waals surface area contributed by atoms with Gasteiger partial charge in [0, 0.05) is 4.47 Å². The van der Waals surface area contributed by atoms with Crippen LogP contribution in [0.4, 0.5) is 10.1 Å². The maximum atomic E-state index is 12.9. The fourth-order valence-electron chi connectivity index (χ4n) is 1.90. The van der Waals surface area contributed by atoms with E-state index in [9.17, 15) is 4.39 Å². The molecule has 0 aliphatic heterocycles. The Morgan fingerprint density at radius 2 is 2.20 bits per heavy atom. The van der Waals surface area contributed by atoms with E-state index in [1.54, 1.807) is 12.1 Å². The van der Waals surface area contributed by atoms with Crippen molar-refractivity contribution in [3.63, 3.8) is 0 Å². The van der Waals surface area contributed by atoms with Crippen molar-refractivity contribution < 1.29 is 4.39 Å². The van der Waals surface area contributed by atoms with E-state index < -0.39 is 0 Å². The molecule has 1 aromatic heterocycles. The van der Waals surface area contributed by atoms with Crippen molar-refractivity contribution in [2.45, 2.75) is 19.4 Å². The van der Waals surface area contributed by atoms with Gasteiger partial charge < -0.3 is 5.32 Å². The normalized spacial score (nSPS) is 11.7. The van der Waals surface area contributed by atoms with E-state index in [0.717, 1.165) is 22.3 Å². The topological polar surface area (TPSA) is 48.7 Å². The molecular formula is C15H13BrFN3. The lowest BCUT2D eigenvalue weighted by Gasteiger charge is -2.18. The second kappa shape index (κ2) is 6.49. The Morgan fingerprint density at radius 1 is 1.40 bits per heavy atom. The van der Waals surface area contributed by atoms with E-state index in [1.807, 2.05) is 19.1 Å². The monoisotopic (exact) mass is 333 g/mol. The number of anilines is 1. The molecule has 0 saturated heterocycles. The van der Waals surface area contributed by atoms with Gasteiger partial charge in [-0.25, -0.2) is 4.39 Å². The summed E-state index contributed by atoms with van der Waals surface area (Å²) in [5.41, 5.74) is 2.05. The fourth-order valence-corrected chi connectivity index (χ4v) is 2.26. The molecule has 0 aliphatic carbocycles. The van der Waals surface area contributed by atoms with Crippen molar-refractivity contribution in [1.29, 1.82) is 5.26 Å². The molecule has 5 heteroatoms. The standard InChI is InChI=1S/C15H13BrFN3/c1-2-13(14-6-5-12(17)9-19-14)20-15-7-11(16)4-3-10(15)8-18/h3-7,9,13,20H,2H2,1H3. The predicted octanol–water partition coefficient (Wildman–Crippen LogP) is 4.42. The summed E-state index contributed by atoms with van der Waals surface area (Å²) in [7, 11) is 0. The van der Waals surface area contributed by atoms with Crippen molar-refractivity contribution in [2.24, 2.45) is 0 Å². The zero-order valence-corrected chi connectivity index (χ0v) is 12.5. The molecule has 1 atom stereocenters. The Bertz CT molecular complexity index is 635.